The first-order valence-corrected chi connectivity index (χ1v) is 8.32. The van der Waals surface area contributed by atoms with Crippen LogP contribution in [0.2, 0.25) is 0 Å². The highest BCUT2D eigenvalue weighted by Crippen LogP contribution is 2.26. The van der Waals surface area contributed by atoms with E-state index in [0.29, 0.717) is 16.2 Å². The van der Waals surface area contributed by atoms with E-state index in [1.807, 2.05) is 45.2 Å². The average molecular weight is 391 g/mol. The molecule has 126 valence electrons. The molecule has 3 aromatic rings. The number of hydrogen-bond donors (Lipinski definition) is 2. The van der Waals surface area contributed by atoms with Crippen molar-refractivity contribution in [1.29, 1.82) is 0 Å². The number of anilines is 1. The third-order valence-electron chi connectivity index (χ3n) is 2.98. The molecule has 24 heavy (non-hydrogen) atoms. The molecular formula is C16H19BrN6O. The number of hydrogen-bond acceptors (Lipinski definition) is 7. The summed E-state index contributed by atoms with van der Waals surface area (Å²) >= 11 is 3.24. The molecule has 3 rings (SSSR count). The van der Waals surface area contributed by atoms with Crippen LogP contribution < -0.4 is 11.1 Å². The predicted octanol–water partition coefficient (Wildman–Crippen LogP) is 3.28. The van der Waals surface area contributed by atoms with E-state index in [1.54, 1.807) is 0 Å². The minimum atomic E-state index is 0.237. The number of rotatable bonds is 4. The van der Waals surface area contributed by atoms with Crippen molar-refractivity contribution < 1.29 is 4.42 Å². The molecule has 0 unspecified atom stereocenters. The van der Waals surface area contributed by atoms with Gasteiger partial charge in [0.15, 0.2) is 11.5 Å². The van der Waals surface area contributed by atoms with E-state index in [-0.39, 0.29) is 11.7 Å². The van der Waals surface area contributed by atoms with E-state index in [9.17, 15) is 0 Å². The second-order valence-electron chi connectivity index (χ2n) is 4.57. The molecule has 3 N–H and O–H groups in total. The highest BCUT2D eigenvalue weighted by Gasteiger charge is 2.15. The number of nitrogens with two attached hydrogens (primary N) is 1. The maximum atomic E-state index is 5.79. The van der Waals surface area contributed by atoms with Crippen LogP contribution in [0.4, 0.5) is 5.82 Å². The first-order valence-electron chi connectivity index (χ1n) is 7.53. The summed E-state index contributed by atoms with van der Waals surface area (Å²) in [7, 11) is 1.90. The molecule has 0 amide bonds. The van der Waals surface area contributed by atoms with E-state index in [1.165, 1.54) is 11.8 Å². The lowest BCUT2D eigenvalue weighted by molar-refractivity contribution is 0.582. The number of nitrogens with zero attached hydrogens (tertiary/aromatic N) is 4. The molecule has 0 aliphatic heterocycles. The Kier molecular flexibility index (Phi) is 6.39. The highest BCUT2D eigenvalue weighted by molar-refractivity contribution is 9.10. The van der Waals surface area contributed by atoms with E-state index in [0.717, 1.165) is 12.1 Å². The number of benzene rings is 1. The molecule has 2 heterocycles. The topological polar surface area (TPSA) is 103 Å². The summed E-state index contributed by atoms with van der Waals surface area (Å²) in [6, 6.07) is 7.87. The molecule has 0 saturated heterocycles. The van der Waals surface area contributed by atoms with Crippen LogP contribution in [0, 0.1) is 0 Å². The van der Waals surface area contributed by atoms with Crippen molar-refractivity contribution in [3.05, 3.63) is 40.6 Å². The van der Waals surface area contributed by atoms with Crippen molar-refractivity contribution in [2.24, 2.45) is 0 Å². The zero-order valence-corrected chi connectivity index (χ0v) is 15.3. The van der Waals surface area contributed by atoms with Crippen LogP contribution in [0.1, 0.15) is 19.4 Å². The summed E-state index contributed by atoms with van der Waals surface area (Å²) in [5.74, 6) is 0.885. The Labute approximate surface area is 148 Å². The van der Waals surface area contributed by atoms with Crippen molar-refractivity contribution in [3.8, 4) is 23.0 Å². The predicted molar refractivity (Wildman–Crippen MR) is 97.0 cm³/mol. The largest absolute Gasteiger partial charge is 0.414 e. The van der Waals surface area contributed by atoms with Crippen LogP contribution in [-0.2, 0) is 6.54 Å². The van der Waals surface area contributed by atoms with Gasteiger partial charge in [-0.15, -0.1) is 10.2 Å². The van der Waals surface area contributed by atoms with Crippen molar-refractivity contribution in [3.63, 3.8) is 0 Å². The lowest BCUT2D eigenvalue weighted by Crippen LogP contribution is -2.04. The number of nitrogens with one attached hydrogen (secondary N) is 1. The Morgan fingerprint density at radius 1 is 1.12 bits per heavy atom. The smallest absolute Gasteiger partial charge is 0.270 e. The maximum absolute atomic E-state index is 5.79. The lowest BCUT2D eigenvalue weighted by atomic mass is 10.1. The fraction of sp³-hybridized carbons (Fsp3) is 0.250. The van der Waals surface area contributed by atoms with Crippen molar-refractivity contribution in [2.45, 2.75) is 20.4 Å². The molecule has 0 aliphatic carbocycles. The zero-order chi connectivity index (χ0) is 17.5. The minimum Gasteiger partial charge on any atom is -0.414 e. The third-order valence-corrected chi connectivity index (χ3v) is 3.36. The van der Waals surface area contributed by atoms with Gasteiger partial charge in [-0.05, 0) is 40.7 Å². The molecular weight excluding hydrogens is 372 g/mol. The van der Waals surface area contributed by atoms with Gasteiger partial charge in [-0.1, -0.05) is 26.0 Å². The van der Waals surface area contributed by atoms with Gasteiger partial charge in [-0.3, -0.25) is 0 Å². The van der Waals surface area contributed by atoms with Gasteiger partial charge in [0.25, 0.3) is 5.89 Å². The van der Waals surface area contributed by atoms with Gasteiger partial charge >= 0.3 is 0 Å². The molecule has 0 atom stereocenters. The fourth-order valence-corrected chi connectivity index (χ4v) is 2.22. The highest BCUT2D eigenvalue weighted by atomic mass is 79.9. The lowest BCUT2D eigenvalue weighted by Gasteiger charge is -2.01. The van der Waals surface area contributed by atoms with Gasteiger partial charge in [0, 0.05) is 12.1 Å². The van der Waals surface area contributed by atoms with Crippen LogP contribution in [0.5, 0.6) is 0 Å². The Hall–Kier alpha value is -2.32. The quantitative estimate of drug-likeness (QED) is 0.704. The summed E-state index contributed by atoms with van der Waals surface area (Å²) in [4.78, 5) is 8.22. The van der Waals surface area contributed by atoms with Crippen LogP contribution >= 0.6 is 15.9 Å². The maximum Gasteiger partial charge on any atom is 0.270 e. The van der Waals surface area contributed by atoms with E-state index in [4.69, 9.17) is 10.2 Å². The molecule has 0 radical (unpaired) electrons. The molecule has 1 aromatic carbocycles. The van der Waals surface area contributed by atoms with Crippen molar-refractivity contribution >= 4 is 21.7 Å². The van der Waals surface area contributed by atoms with Gasteiger partial charge in [-0.2, -0.15) is 0 Å². The van der Waals surface area contributed by atoms with E-state index >= 15 is 0 Å². The van der Waals surface area contributed by atoms with Crippen LogP contribution in [0.3, 0.4) is 0 Å². The van der Waals surface area contributed by atoms with Crippen LogP contribution in [-0.4, -0.2) is 27.2 Å². The second-order valence-corrected chi connectivity index (χ2v) is 5.38. The Bertz CT molecular complexity index is 788. The Morgan fingerprint density at radius 2 is 1.79 bits per heavy atom. The summed E-state index contributed by atoms with van der Waals surface area (Å²) in [5.41, 5.74) is 8.16. The third kappa shape index (κ3) is 4.15. The van der Waals surface area contributed by atoms with Gasteiger partial charge in [0.05, 0.1) is 6.20 Å². The Morgan fingerprint density at radius 3 is 2.46 bits per heavy atom. The zero-order valence-electron chi connectivity index (χ0n) is 13.7. The first-order chi connectivity index (χ1) is 11.7. The molecule has 0 saturated carbocycles. The molecule has 0 aliphatic rings. The molecule has 0 fully saturated rings. The summed E-state index contributed by atoms with van der Waals surface area (Å²) in [6.45, 7) is 4.81. The van der Waals surface area contributed by atoms with Crippen LogP contribution in [0.25, 0.3) is 23.0 Å². The normalized spacial score (nSPS) is 10.2. The van der Waals surface area contributed by atoms with Gasteiger partial charge in [0.2, 0.25) is 5.89 Å². The summed E-state index contributed by atoms with van der Waals surface area (Å²) < 4.78 is 6.20. The Balaban J connectivity index is 0.00000100. The molecule has 8 heteroatoms. The molecule has 0 spiro atoms. The number of nitrogen functional groups attached to an aromatic ring is 1. The first kappa shape index (κ1) is 18.0. The summed E-state index contributed by atoms with van der Waals surface area (Å²) in [6.07, 6.45) is 1.51. The number of halogens is 1. The van der Waals surface area contributed by atoms with E-state index in [2.05, 4.69) is 41.4 Å². The summed E-state index contributed by atoms with van der Waals surface area (Å²) in [5, 5.41) is 11.1. The van der Waals surface area contributed by atoms with Crippen LogP contribution in [0.15, 0.2) is 39.5 Å². The molecule has 7 nitrogen and oxygen atoms in total. The standard InChI is InChI=1S/C14H13BrN6O.C2H6/c1-17-6-8-2-4-9(5-3-8)13-20-21-14(22-13)11-12(16)18-7-10(15)19-11;1-2/h2-5,7,17H,6H2,1H3,(H2,16,18);1-2H3. The van der Waals surface area contributed by atoms with Gasteiger partial charge in [-0.25, -0.2) is 9.97 Å². The second kappa shape index (κ2) is 8.51. The molecule has 0 bridgehead atoms. The molecule has 2 aromatic heterocycles. The fourth-order valence-electron chi connectivity index (χ4n) is 1.94. The monoisotopic (exact) mass is 390 g/mol. The van der Waals surface area contributed by atoms with Gasteiger partial charge in [0.1, 0.15) is 4.60 Å². The van der Waals surface area contributed by atoms with Crippen molar-refractivity contribution in [1.82, 2.24) is 25.5 Å². The van der Waals surface area contributed by atoms with Crippen molar-refractivity contribution in [2.75, 3.05) is 12.8 Å². The minimum absolute atomic E-state index is 0.237. The number of aromatic nitrogens is 4. The van der Waals surface area contributed by atoms with E-state index < -0.39 is 0 Å². The average Bonchev–Trinajstić information content (AvgIpc) is 3.10. The van der Waals surface area contributed by atoms with Gasteiger partial charge < -0.3 is 15.5 Å². The SMILES string of the molecule is CC.CNCc1ccc(-c2nnc(-c3nc(Br)cnc3N)o2)cc1.